The van der Waals surface area contributed by atoms with E-state index in [9.17, 15) is 4.79 Å². The summed E-state index contributed by atoms with van der Waals surface area (Å²) in [7, 11) is 1.55. The van der Waals surface area contributed by atoms with Crippen LogP contribution in [0.5, 0.6) is 11.5 Å². The van der Waals surface area contributed by atoms with Crippen LogP contribution in [0.25, 0.3) is 11.3 Å². The largest absolute Gasteiger partial charge is 0.495 e. The number of carbonyl (C=O) groups excluding carboxylic acids is 1. The molecule has 1 atom stereocenters. The van der Waals surface area contributed by atoms with Gasteiger partial charge in [0.25, 0.3) is 0 Å². The fraction of sp³-hybridized carbons (Fsp3) is 0.400. The second-order valence-electron chi connectivity index (χ2n) is 6.72. The summed E-state index contributed by atoms with van der Waals surface area (Å²) in [6.45, 7) is 6.61. The summed E-state index contributed by atoms with van der Waals surface area (Å²) >= 11 is 6.33. The van der Waals surface area contributed by atoms with Crippen molar-refractivity contribution in [2.24, 2.45) is 5.92 Å². The highest BCUT2D eigenvalue weighted by Crippen LogP contribution is 2.42. The number of nitrogens with one attached hydrogen (secondary N) is 1. The van der Waals surface area contributed by atoms with Gasteiger partial charge in [-0.25, -0.2) is 4.79 Å². The zero-order chi connectivity index (χ0) is 19.7. The molecule has 1 aromatic heterocycles. The van der Waals surface area contributed by atoms with Crippen molar-refractivity contribution in [3.05, 3.63) is 40.3 Å². The molecular formula is C20H23ClN2O4. The van der Waals surface area contributed by atoms with Crippen LogP contribution in [0.1, 0.15) is 37.2 Å². The molecule has 1 aliphatic rings. The van der Waals surface area contributed by atoms with Gasteiger partial charge in [-0.1, -0.05) is 25.4 Å². The Morgan fingerprint density at radius 2 is 2.15 bits per heavy atom. The molecule has 144 valence electrons. The normalized spacial score (nSPS) is 15.4. The number of esters is 1. The fourth-order valence-electron chi connectivity index (χ4n) is 3.21. The summed E-state index contributed by atoms with van der Waals surface area (Å²) in [4.78, 5) is 12.3. The molecule has 2 heterocycles. The van der Waals surface area contributed by atoms with E-state index in [1.54, 1.807) is 38.4 Å². The van der Waals surface area contributed by atoms with Gasteiger partial charge in [-0.15, -0.1) is 0 Å². The molecule has 0 aliphatic carbocycles. The topological polar surface area (TPSA) is 73.5 Å². The third-order valence-electron chi connectivity index (χ3n) is 4.68. The van der Waals surface area contributed by atoms with Crippen molar-refractivity contribution in [1.29, 1.82) is 5.41 Å². The van der Waals surface area contributed by atoms with Crippen molar-refractivity contribution in [2.75, 3.05) is 20.3 Å². The van der Waals surface area contributed by atoms with Crippen molar-refractivity contribution in [3.8, 4) is 22.8 Å². The van der Waals surface area contributed by atoms with Crippen LogP contribution in [0.2, 0.25) is 5.02 Å². The quantitative estimate of drug-likeness (QED) is 0.799. The van der Waals surface area contributed by atoms with E-state index >= 15 is 0 Å². The van der Waals surface area contributed by atoms with Crippen LogP contribution in [-0.4, -0.2) is 30.9 Å². The summed E-state index contributed by atoms with van der Waals surface area (Å²) in [6.07, 6.45) is 1.69. The predicted octanol–water partition coefficient (Wildman–Crippen LogP) is 4.06. The average molecular weight is 391 g/mol. The molecule has 6 nitrogen and oxygen atoms in total. The number of methoxy groups -OCH3 is 1. The summed E-state index contributed by atoms with van der Waals surface area (Å²) in [6, 6.07) is 5.17. The molecule has 1 aromatic carbocycles. The van der Waals surface area contributed by atoms with Crippen LogP contribution in [0.15, 0.2) is 24.4 Å². The number of hydrogen-bond donors (Lipinski definition) is 1. The SMILES string of the molecule is CCOC(=O)c1cn2c(cc1=N)-c1cc(Cl)c(OC)cc1OCC2C(C)C. The number of pyridine rings is 1. The minimum atomic E-state index is -0.501. The van der Waals surface area contributed by atoms with Crippen molar-refractivity contribution in [2.45, 2.75) is 26.8 Å². The van der Waals surface area contributed by atoms with Crippen LogP contribution in [0.4, 0.5) is 0 Å². The van der Waals surface area contributed by atoms with Crippen LogP contribution in [0, 0.1) is 11.3 Å². The molecule has 1 unspecified atom stereocenters. The monoisotopic (exact) mass is 390 g/mol. The number of nitrogens with zero attached hydrogens (tertiary/aromatic N) is 1. The number of hydrogen-bond acceptors (Lipinski definition) is 5. The first-order valence-electron chi connectivity index (χ1n) is 8.86. The van der Waals surface area contributed by atoms with E-state index in [1.165, 1.54) is 0 Å². The molecule has 27 heavy (non-hydrogen) atoms. The Kier molecular flexibility index (Phi) is 5.46. The summed E-state index contributed by atoms with van der Waals surface area (Å²) in [5.41, 5.74) is 1.76. The predicted molar refractivity (Wildman–Crippen MR) is 103 cm³/mol. The highest BCUT2D eigenvalue weighted by atomic mass is 35.5. The van der Waals surface area contributed by atoms with E-state index in [0.29, 0.717) is 23.1 Å². The molecule has 0 saturated heterocycles. The van der Waals surface area contributed by atoms with Gasteiger partial charge in [0.2, 0.25) is 0 Å². The number of fused-ring (bicyclic) bond motifs is 3. The van der Waals surface area contributed by atoms with E-state index in [0.717, 1.165) is 11.3 Å². The van der Waals surface area contributed by atoms with Crippen LogP contribution < -0.4 is 14.8 Å². The molecule has 0 fully saturated rings. The Balaban J connectivity index is 2.26. The molecular weight excluding hydrogens is 368 g/mol. The zero-order valence-electron chi connectivity index (χ0n) is 15.8. The Hall–Kier alpha value is -2.47. The molecule has 0 amide bonds. The van der Waals surface area contributed by atoms with Gasteiger partial charge in [0.05, 0.1) is 35.8 Å². The number of rotatable bonds is 4. The molecule has 2 aromatic rings. The third kappa shape index (κ3) is 3.54. The average Bonchev–Trinajstić information content (AvgIpc) is 2.77. The van der Waals surface area contributed by atoms with Crippen molar-refractivity contribution < 1.29 is 19.0 Å². The van der Waals surface area contributed by atoms with Gasteiger partial charge in [0.1, 0.15) is 23.7 Å². The Bertz CT molecular complexity index is 936. The maximum atomic E-state index is 12.3. The molecule has 0 bridgehead atoms. The standard InChI is InChI=1S/C20H23ClN2O4/c1-5-26-20(24)13-9-23-16(7-15(13)22)12-6-14(21)19(25-4)8-18(12)27-10-17(23)11(2)3/h6-9,11,17,22H,5,10H2,1-4H3. The summed E-state index contributed by atoms with van der Waals surface area (Å²) in [5, 5.41) is 8.88. The van der Waals surface area contributed by atoms with Crippen molar-refractivity contribution >= 4 is 17.6 Å². The minimum absolute atomic E-state index is 0.0223. The summed E-state index contributed by atoms with van der Waals surface area (Å²) < 4.78 is 18.4. The highest BCUT2D eigenvalue weighted by Gasteiger charge is 2.27. The number of aromatic nitrogens is 1. The lowest BCUT2D eigenvalue weighted by Crippen LogP contribution is -2.26. The number of carbonyl (C=O) groups is 1. The lowest BCUT2D eigenvalue weighted by Gasteiger charge is -2.25. The van der Waals surface area contributed by atoms with Crippen LogP contribution in [-0.2, 0) is 4.74 Å². The van der Waals surface area contributed by atoms with Gasteiger partial charge in [-0.05, 0) is 25.0 Å². The maximum absolute atomic E-state index is 12.3. The first kappa shape index (κ1) is 19.3. The number of ether oxygens (including phenoxy) is 3. The number of halogens is 1. The van der Waals surface area contributed by atoms with Gasteiger partial charge >= 0.3 is 5.97 Å². The molecule has 1 aliphatic heterocycles. The highest BCUT2D eigenvalue weighted by molar-refractivity contribution is 6.32. The van der Waals surface area contributed by atoms with E-state index < -0.39 is 5.97 Å². The second-order valence-corrected chi connectivity index (χ2v) is 7.13. The minimum Gasteiger partial charge on any atom is -0.495 e. The maximum Gasteiger partial charge on any atom is 0.341 e. The van der Waals surface area contributed by atoms with Crippen molar-refractivity contribution in [1.82, 2.24) is 4.57 Å². The van der Waals surface area contributed by atoms with Gasteiger partial charge in [-0.2, -0.15) is 0 Å². The van der Waals surface area contributed by atoms with Gasteiger partial charge < -0.3 is 18.8 Å². The molecule has 7 heteroatoms. The number of benzene rings is 1. The fourth-order valence-corrected chi connectivity index (χ4v) is 3.45. The first-order chi connectivity index (χ1) is 12.9. The van der Waals surface area contributed by atoms with Crippen molar-refractivity contribution in [3.63, 3.8) is 0 Å². The van der Waals surface area contributed by atoms with Gasteiger partial charge in [-0.3, -0.25) is 5.41 Å². The Labute approximate surface area is 163 Å². The lowest BCUT2D eigenvalue weighted by atomic mass is 10.0. The van der Waals surface area contributed by atoms with Gasteiger partial charge in [0.15, 0.2) is 0 Å². The van der Waals surface area contributed by atoms with E-state index in [4.69, 9.17) is 31.2 Å². The van der Waals surface area contributed by atoms with Gasteiger partial charge in [0, 0.05) is 17.8 Å². The zero-order valence-corrected chi connectivity index (χ0v) is 16.6. The molecule has 3 rings (SSSR count). The van der Waals surface area contributed by atoms with E-state index in [2.05, 4.69) is 13.8 Å². The third-order valence-corrected chi connectivity index (χ3v) is 4.97. The second kappa shape index (κ2) is 7.64. The Morgan fingerprint density at radius 1 is 1.41 bits per heavy atom. The van der Waals surface area contributed by atoms with E-state index in [1.807, 2.05) is 4.57 Å². The molecule has 1 N–H and O–H groups in total. The van der Waals surface area contributed by atoms with E-state index in [-0.39, 0.29) is 29.5 Å². The Morgan fingerprint density at radius 3 is 2.78 bits per heavy atom. The molecule has 0 spiro atoms. The smallest absolute Gasteiger partial charge is 0.341 e. The first-order valence-corrected chi connectivity index (χ1v) is 9.23. The van der Waals surface area contributed by atoms with Crippen LogP contribution >= 0.6 is 11.6 Å². The lowest BCUT2D eigenvalue weighted by molar-refractivity contribution is 0.0522. The van der Waals surface area contributed by atoms with Crippen LogP contribution in [0.3, 0.4) is 0 Å². The molecule has 0 saturated carbocycles. The summed E-state index contributed by atoms with van der Waals surface area (Å²) in [5.74, 6) is 0.904. The molecule has 0 radical (unpaired) electrons.